The van der Waals surface area contributed by atoms with Crippen LogP contribution < -0.4 is 0 Å². The summed E-state index contributed by atoms with van der Waals surface area (Å²) < 4.78 is 0. The van der Waals surface area contributed by atoms with Gasteiger partial charge >= 0.3 is 0 Å². The summed E-state index contributed by atoms with van der Waals surface area (Å²) in [4.78, 5) is 27.4. The van der Waals surface area contributed by atoms with Gasteiger partial charge in [-0.05, 0) is 6.07 Å². The van der Waals surface area contributed by atoms with Gasteiger partial charge in [-0.3, -0.25) is 19.5 Å². The second-order valence-electron chi connectivity index (χ2n) is 2.59. The molecule has 2 amide bonds. The van der Waals surface area contributed by atoms with Crippen LogP contribution in [-0.4, -0.2) is 28.7 Å². The van der Waals surface area contributed by atoms with Crippen LogP contribution in [0.3, 0.4) is 0 Å². The summed E-state index contributed by atoms with van der Waals surface area (Å²) in [5.41, 5.74) is 0.836. The molecule has 1 aliphatic rings. The Morgan fingerprint density at radius 2 is 1.92 bits per heavy atom. The molecule has 1 aromatic heterocycles. The Balaban J connectivity index is 2.67. The highest BCUT2D eigenvalue weighted by atomic mass is 16.2. The molecule has 60 valence electrons. The molecule has 0 N–H and O–H groups in total. The minimum atomic E-state index is -0.275. The van der Waals surface area contributed by atoms with Crippen LogP contribution in [-0.2, 0) is 0 Å². The van der Waals surface area contributed by atoms with E-state index >= 15 is 0 Å². The fourth-order valence-corrected chi connectivity index (χ4v) is 1.20. The van der Waals surface area contributed by atoms with Crippen molar-refractivity contribution in [3.8, 4) is 0 Å². The van der Waals surface area contributed by atoms with Gasteiger partial charge in [0.05, 0.1) is 11.1 Å². The third-order valence-corrected chi connectivity index (χ3v) is 1.89. The quantitative estimate of drug-likeness (QED) is 0.516. The van der Waals surface area contributed by atoms with Crippen LogP contribution in [0.1, 0.15) is 20.7 Å². The molecule has 0 atom stereocenters. The lowest BCUT2D eigenvalue weighted by Gasteiger charge is -2.02. The molecule has 0 saturated heterocycles. The van der Waals surface area contributed by atoms with Crippen molar-refractivity contribution in [1.29, 1.82) is 0 Å². The first kappa shape index (κ1) is 6.97. The maximum absolute atomic E-state index is 11.3. The third kappa shape index (κ3) is 0.689. The van der Waals surface area contributed by atoms with Gasteiger partial charge in [-0.15, -0.1) is 0 Å². The molecule has 0 radical (unpaired) electrons. The van der Waals surface area contributed by atoms with Crippen LogP contribution in [0.15, 0.2) is 18.5 Å². The van der Waals surface area contributed by atoms with Crippen molar-refractivity contribution in [3.63, 3.8) is 0 Å². The number of amides is 2. The van der Waals surface area contributed by atoms with Crippen LogP contribution >= 0.6 is 0 Å². The first-order chi connectivity index (χ1) is 5.72. The molecule has 1 aliphatic heterocycles. The number of rotatable bonds is 0. The molecule has 2 heterocycles. The zero-order valence-electron chi connectivity index (χ0n) is 6.44. The second kappa shape index (κ2) is 2.14. The van der Waals surface area contributed by atoms with Gasteiger partial charge in [0.1, 0.15) is 0 Å². The summed E-state index contributed by atoms with van der Waals surface area (Å²) in [5, 5.41) is 0. The van der Waals surface area contributed by atoms with Gasteiger partial charge < -0.3 is 0 Å². The summed E-state index contributed by atoms with van der Waals surface area (Å²) in [6.07, 6.45) is 2.92. The molecule has 0 spiro atoms. The van der Waals surface area contributed by atoms with E-state index < -0.39 is 0 Å². The molecule has 0 saturated carbocycles. The van der Waals surface area contributed by atoms with E-state index in [0.717, 1.165) is 4.90 Å². The van der Waals surface area contributed by atoms with E-state index in [2.05, 4.69) is 4.98 Å². The van der Waals surface area contributed by atoms with Crippen LogP contribution in [0.2, 0.25) is 0 Å². The highest BCUT2D eigenvalue weighted by Crippen LogP contribution is 2.19. The summed E-state index contributed by atoms with van der Waals surface area (Å²) in [6.45, 7) is 0. The third-order valence-electron chi connectivity index (χ3n) is 1.89. The molecule has 4 nitrogen and oxygen atoms in total. The number of imide groups is 1. The molecule has 2 rings (SSSR count). The van der Waals surface area contributed by atoms with Crippen molar-refractivity contribution < 1.29 is 9.59 Å². The van der Waals surface area contributed by atoms with E-state index in [0.29, 0.717) is 11.1 Å². The van der Waals surface area contributed by atoms with Gasteiger partial charge in [0.15, 0.2) is 0 Å². The monoisotopic (exact) mass is 162 g/mol. The molecule has 4 heteroatoms. The van der Waals surface area contributed by atoms with Gasteiger partial charge in [0.2, 0.25) is 0 Å². The SMILES string of the molecule is CN1C(=O)c2ccncc2C1=O. The van der Waals surface area contributed by atoms with E-state index in [1.165, 1.54) is 19.4 Å². The van der Waals surface area contributed by atoms with Crippen molar-refractivity contribution in [3.05, 3.63) is 29.6 Å². The molecule has 0 aliphatic carbocycles. The second-order valence-corrected chi connectivity index (χ2v) is 2.59. The standard InChI is InChI=1S/C8H6N2O2/c1-10-7(11)5-2-3-9-4-6(5)8(10)12/h2-4H,1H3. The average molecular weight is 162 g/mol. The van der Waals surface area contributed by atoms with E-state index in [1.54, 1.807) is 6.07 Å². The fraction of sp³-hybridized carbons (Fsp3) is 0.125. The average Bonchev–Trinajstić information content (AvgIpc) is 2.33. The van der Waals surface area contributed by atoms with Crippen molar-refractivity contribution in [2.24, 2.45) is 0 Å². The maximum Gasteiger partial charge on any atom is 0.262 e. The van der Waals surface area contributed by atoms with Crippen molar-refractivity contribution in [1.82, 2.24) is 9.88 Å². The lowest BCUT2D eigenvalue weighted by atomic mass is 10.2. The van der Waals surface area contributed by atoms with Crippen LogP contribution in [0, 0.1) is 0 Å². The van der Waals surface area contributed by atoms with Crippen LogP contribution in [0.5, 0.6) is 0 Å². The first-order valence-electron chi connectivity index (χ1n) is 3.48. The largest absolute Gasteiger partial charge is 0.277 e. The number of hydrogen-bond donors (Lipinski definition) is 0. The smallest absolute Gasteiger partial charge is 0.262 e. The predicted octanol–water partition coefficient (Wildman–Crippen LogP) is 0.307. The Hall–Kier alpha value is -1.71. The highest BCUT2D eigenvalue weighted by molar-refractivity contribution is 6.20. The number of carbonyl (C=O) groups excluding carboxylic acids is 2. The molecule has 1 aromatic rings. The van der Waals surface area contributed by atoms with E-state index in [1.807, 2.05) is 0 Å². The molecular weight excluding hydrogens is 156 g/mol. The zero-order chi connectivity index (χ0) is 8.72. The van der Waals surface area contributed by atoms with Gasteiger partial charge in [-0.1, -0.05) is 0 Å². The minimum Gasteiger partial charge on any atom is -0.277 e. The Morgan fingerprint density at radius 1 is 1.25 bits per heavy atom. The molecule has 0 fully saturated rings. The number of pyridine rings is 1. The number of nitrogens with zero attached hydrogens (tertiary/aromatic N) is 2. The fourth-order valence-electron chi connectivity index (χ4n) is 1.20. The summed E-state index contributed by atoms with van der Waals surface area (Å²) in [7, 11) is 1.46. The Morgan fingerprint density at radius 3 is 2.58 bits per heavy atom. The summed E-state index contributed by atoms with van der Waals surface area (Å²) in [6, 6.07) is 1.55. The number of fused-ring (bicyclic) bond motifs is 1. The number of carbonyl (C=O) groups is 2. The van der Waals surface area contributed by atoms with Gasteiger partial charge in [-0.2, -0.15) is 0 Å². The van der Waals surface area contributed by atoms with Gasteiger partial charge in [0, 0.05) is 19.4 Å². The topological polar surface area (TPSA) is 50.3 Å². The number of hydrogen-bond acceptors (Lipinski definition) is 3. The molecule has 0 aromatic carbocycles. The van der Waals surface area contributed by atoms with E-state index in [-0.39, 0.29) is 11.8 Å². The van der Waals surface area contributed by atoms with Crippen molar-refractivity contribution >= 4 is 11.8 Å². The van der Waals surface area contributed by atoms with E-state index in [4.69, 9.17) is 0 Å². The summed E-state index contributed by atoms with van der Waals surface area (Å²) in [5.74, 6) is -0.527. The molecule has 12 heavy (non-hydrogen) atoms. The van der Waals surface area contributed by atoms with Gasteiger partial charge in [-0.25, -0.2) is 0 Å². The Labute approximate surface area is 68.8 Å². The lowest BCUT2D eigenvalue weighted by Crippen LogP contribution is -2.24. The zero-order valence-corrected chi connectivity index (χ0v) is 6.44. The predicted molar refractivity (Wildman–Crippen MR) is 40.7 cm³/mol. The van der Waals surface area contributed by atoms with Crippen LogP contribution in [0.4, 0.5) is 0 Å². The Kier molecular flexibility index (Phi) is 1.24. The Bertz CT molecular complexity index is 338. The highest BCUT2D eigenvalue weighted by Gasteiger charge is 2.32. The minimum absolute atomic E-state index is 0.252. The molecule has 0 unspecified atom stereocenters. The first-order valence-corrected chi connectivity index (χ1v) is 3.48. The van der Waals surface area contributed by atoms with E-state index in [9.17, 15) is 9.59 Å². The van der Waals surface area contributed by atoms with Crippen LogP contribution in [0.25, 0.3) is 0 Å². The normalized spacial score (nSPS) is 15.2. The summed E-state index contributed by atoms with van der Waals surface area (Å²) >= 11 is 0. The lowest BCUT2D eigenvalue weighted by molar-refractivity contribution is 0.0693. The van der Waals surface area contributed by atoms with Gasteiger partial charge in [0.25, 0.3) is 11.8 Å². The van der Waals surface area contributed by atoms with Crippen molar-refractivity contribution in [2.75, 3.05) is 7.05 Å². The maximum atomic E-state index is 11.3. The molecule has 0 bridgehead atoms. The number of aromatic nitrogens is 1. The van der Waals surface area contributed by atoms with Crippen molar-refractivity contribution in [2.45, 2.75) is 0 Å². The molecular formula is C8H6N2O2.